The fraction of sp³-hybridized carbons (Fsp3) is 0.459. The molecular weight excluding hydrogens is 758 g/mol. The molecule has 4 atom stereocenters. The number of esters is 2. The standard InChI is InChI=1S/C37H48N2O14P2/c1-4-6-8-9-10-12-35(41)52-31-19-15-29(16-20-31)25-49-55(46,48-24-28-13-17-30(18-14-28)51-34(40)11-7-5-2)53-54(44,45)47-26-32-21-22-33(50-32)39-23-27(3)36(42)38-37(39)43/h13-23,32-33H,4-12,24-26H2,1-3H3,(H,44,45)(H,38,42,43)/t32-,33+,55?/m0/s1. The molecule has 0 saturated carbocycles. The Morgan fingerprint density at radius 2 is 1.33 bits per heavy atom. The van der Waals surface area contributed by atoms with Gasteiger partial charge in [0.25, 0.3) is 5.56 Å². The number of nitrogens with one attached hydrogen (secondary N) is 1. The second-order valence-corrected chi connectivity index (χ2v) is 16.0. The number of hydrogen-bond donors (Lipinski definition) is 2. The normalized spacial score (nSPS) is 17.4. The molecule has 0 saturated heterocycles. The molecule has 300 valence electrons. The van der Waals surface area contributed by atoms with E-state index in [1.807, 2.05) is 6.92 Å². The van der Waals surface area contributed by atoms with Crippen LogP contribution in [0.4, 0.5) is 0 Å². The van der Waals surface area contributed by atoms with E-state index in [4.69, 9.17) is 32.1 Å². The first-order valence-electron chi connectivity index (χ1n) is 18.1. The first kappa shape index (κ1) is 43.7. The lowest BCUT2D eigenvalue weighted by atomic mass is 10.1. The lowest BCUT2D eigenvalue weighted by Crippen LogP contribution is -2.33. The number of H-pyrrole nitrogens is 1. The van der Waals surface area contributed by atoms with Gasteiger partial charge in [0.05, 0.1) is 19.8 Å². The third-order valence-corrected chi connectivity index (χ3v) is 11.1. The molecule has 0 fully saturated rings. The van der Waals surface area contributed by atoms with E-state index in [1.165, 1.54) is 49.5 Å². The van der Waals surface area contributed by atoms with Crippen LogP contribution in [0.2, 0.25) is 0 Å². The number of ether oxygens (including phenoxy) is 3. The van der Waals surface area contributed by atoms with Crippen molar-refractivity contribution < 1.29 is 55.7 Å². The zero-order valence-electron chi connectivity index (χ0n) is 31.1. The minimum Gasteiger partial charge on any atom is -0.427 e. The van der Waals surface area contributed by atoms with Gasteiger partial charge in [-0.2, -0.15) is 4.31 Å². The van der Waals surface area contributed by atoms with Gasteiger partial charge in [-0.15, -0.1) is 0 Å². The van der Waals surface area contributed by atoms with Gasteiger partial charge in [0.2, 0.25) is 0 Å². The molecule has 2 heterocycles. The predicted molar refractivity (Wildman–Crippen MR) is 200 cm³/mol. The number of carbonyl (C=O) groups excluding carboxylic acids is 2. The number of benzene rings is 2. The fourth-order valence-electron chi connectivity index (χ4n) is 5.09. The number of aromatic nitrogens is 2. The first-order chi connectivity index (χ1) is 26.3. The van der Waals surface area contributed by atoms with Crippen LogP contribution in [0.25, 0.3) is 0 Å². The zero-order chi connectivity index (χ0) is 39.8. The number of carbonyl (C=O) groups is 2. The van der Waals surface area contributed by atoms with Gasteiger partial charge in [-0.1, -0.05) is 76.3 Å². The third kappa shape index (κ3) is 14.9. The van der Waals surface area contributed by atoms with Gasteiger partial charge in [0.15, 0.2) is 6.23 Å². The lowest BCUT2D eigenvalue weighted by molar-refractivity contribution is -0.135. The summed E-state index contributed by atoms with van der Waals surface area (Å²) >= 11 is 0. The highest BCUT2D eigenvalue weighted by molar-refractivity contribution is 7.61. The van der Waals surface area contributed by atoms with E-state index in [1.54, 1.807) is 24.3 Å². The Bertz CT molecular complexity index is 1960. The number of phosphoric acid groups is 2. The molecule has 3 aromatic rings. The molecule has 0 bridgehead atoms. The van der Waals surface area contributed by atoms with Crippen molar-refractivity contribution in [1.29, 1.82) is 0 Å². The molecule has 16 nitrogen and oxygen atoms in total. The molecule has 0 spiro atoms. The number of phosphoric ester groups is 2. The molecule has 1 aromatic heterocycles. The summed E-state index contributed by atoms with van der Waals surface area (Å²) in [5.74, 6) is -0.144. The van der Waals surface area contributed by atoms with E-state index in [0.29, 0.717) is 35.5 Å². The van der Waals surface area contributed by atoms with Crippen LogP contribution >= 0.6 is 15.6 Å². The van der Waals surface area contributed by atoms with Crippen LogP contribution in [0.5, 0.6) is 11.5 Å². The van der Waals surface area contributed by atoms with Crippen molar-refractivity contribution in [2.24, 2.45) is 0 Å². The predicted octanol–water partition coefficient (Wildman–Crippen LogP) is 7.34. The van der Waals surface area contributed by atoms with Crippen LogP contribution in [0, 0.1) is 6.92 Å². The van der Waals surface area contributed by atoms with Gasteiger partial charge in [-0.05, 0) is 61.2 Å². The highest BCUT2D eigenvalue weighted by Gasteiger charge is 2.39. The average molecular weight is 807 g/mol. The Morgan fingerprint density at radius 3 is 1.89 bits per heavy atom. The SMILES string of the molecule is CCCCCCCC(=O)Oc1ccc(COP(=O)(OCc2ccc(OC(=O)CCCC)cc2)OP(=O)(O)OC[C@@H]2C=C[C@H](n3cc(C)c(=O)[nH]c3=O)O2)cc1. The molecular formula is C37H48N2O14P2. The summed E-state index contributed by atoms with van der Waals surface area (Å²) in [6, 6.07) is 12.3. The van der Waals surface area contributed by atoms with Gasteiger partial charge >= 0.3 is 33.3 Å². The zero-order valence-corrected chi connectivity index (χ0v) is 32.9. The van der Waals surface area contributed by atoms with Crippen LogP contribution in [0.1, 0.15) is 94.6 Å². The van der Waals surface area contributed by atoms with E-state index in [0.717, 1.165) is 43.1 Å². The van der Waals surface area contributed by atoms with Crippen molar-refractivity contribution in [2.45, 2.75) is 104 Å². The van der Waals surface area contributed by atoms with E-state index >= 15 is 0 Å². The van der Waals surface area contributed by atoms with Crippen molar-refractivity contribution in [3.05, 3.63) is 104 Å². The molecule has 0 aliphatic carbocycles. The smallest absolute Gasteiger partial charge is 0.427 e. The van der Waals surface area contributed by atoms with E-state index in [-0.39, 0.29) is 23.9 Å². The topological polar surface area (TPSA) is 208 Å². The summed E-state index contributed by atoms with van der Waals surface area (Å²) in [6.07, 6.45) is 9.47. The Balaban J connectivity index is 1.38. The second kappa shape index (κ2) is 21.4. The largest absolute Gasteiger partial charge is 0.484 e. The van der Waals surface area contributed by atoms with Crippen LogP contribution < -0.4 is 20.7 Å². The van der Waals surface area contributed by atoms with Crippen LogP contribution in [-0.4, -0.2) is 39.1 Å². The van der Waals surface area contributed by atoms with Crippen molar-refractivity contribution in [3.63, 3.8) is 0 Å². The molecule has 1 aliphatic heterocycles. The maximum Gasteiger partial charge on any atom is 0.484 e. The highest BCUT2D eigenvalue weighted by Crippen LogP contribution is 2.64. The molecule has 18 heteroatoms. The molecule has 1 aliphatic rings. The Kier molecular flexibility index (Phi) is 17.0. The summed E-state index contributed by atoms with van der Waals surface area (Å²) in [5.41, 5.74) is -0.112. The number of aryl methyl sites for hydroxylation is 1. The summed E-state index contributed by atoms with van der Waals surface area (Å²) in [7, 11) is -10.0. The quantitative estimate of drug-likeness (QED) is 0.0316. The molecule has 4 rings (SSSR count). The molecule has 0 amide bonds. The molecule has 2 aromatic carbocycles. The lowest BCUT2D eigenvalue weighted by Gasteiger charge is -2.22. The Morgan fingerprint density at radius 1 is 0.782 bits per heavy atom. The van der Waals surface area contributed by atoms with Crippen molar-refractivity contribution >= 4 is 27.6 Å². The van der Waals surface area contributed by atoms with E-state index < -0.39 is 59.0 Å². The maximum absolute atomic E-state index is 13.9. The highest BCUT2D eigenvalue weighted by atomic mass is 31.3. The van der Waals surface area contributed by atoms with E-state index in [9.17, 15) is 33.2 Å². The summed E-state index contributed by atoms with van der Waals surface area (Å²) < 4.78 is 65.6. The van der Waals surface area contributed by atoms with Gasteiger partial charge < -0.3 is 19.1 Å². The number of hydrogen-bond acceptors (Lipinski definition) is 13. The van der Waals surface area contributed by atoms with Crippen LogP contribution in [-0.2, 0) is 54.6 Å². The van der Waals surface area contributed by atoms with Crippen molar-refractivity contribution in [3.8, 4) is 11.5 Å². The molecule has 0 radical (unpaired) electrons. The number of nitrogens with zero attached hydrogens (tertiary/aromatic N) is 1. The number of rotatable bonds is 23. The van der Waals surface area contributed by atoms with Gasteiger partial charge in [-0.3, -0.25) is 37.5 Å². The maximum atomic E-state index is 13.9. The van der Waals surface area contributed by atoms with Crippen LogP contribution in [0.3, 0.4) is 0 Å². The molecule has 2 unspecified atom stereocenters. The third-order valence-electron chi connectivity index (χ3n) is 8.14. The first-order valence-corrected chi connectivity index (χ1v) is 21.1. The van der Waals surface area contributed by atoms with Gasteiger partial charge in [0, 0.05) is 24.6 Å². The number of unbranched alkanes of at least 4 members (excludes halogenated alkanes) is 5. The summed E-state index contributed by atoms with van der Waals surface area (Å²) in [4.78, 5) is 61.0. The summed E-state index contributed by atoms with van der Waals surface area (Å²) in [5, 5.41) is 0. The fourth-order valence-corrected chi connectivity index (χ4v) is 7.69. The average Bonchev–Trinajstić information content (AvgIpc) is 3.63. The Labute approximate surface area is 318 Å². The second-order valence-electron chi connectivity index (χ2n) is 12.8. The summed E-state index contributed by atoms with van der Waals surface area (Å²) in [6.45, 7) is 4.22. The van der Waals surface area contributed by atoms with Gasteiger partial charge in [-0.25, -0.2) is 13.9 Å². The van der Waals surface area contributed by atoms with Crippen LogP contribution in [0.15, 0.2) is 76.5 Å². The minimum absolute atomic E-state index is 0.268. The monoisotopic (exact) mass is 806 g/mol. The molecule has 55 heavy (non-hydrogen) atoms. The van der Waals surface area contributed by atoms with Crippen molar-refractivity contribution in [2.75, 3.05) is 6.61 Å². The van der Waals surface area contributed by atoms with E-state index in [2.05, 4.69) is 11.9 Å². The molecule has 2 N–H and O–H groups in total. The van der Waals surface area contributed by atoms with Gasteiger partial charge in [0.1, 0.15) is 17.6 Å². The van der Waals surface area contributed by atoms with Crippen molar-refractivity contribution in [1.82, 2.24) is 9.55 Å². The number of aromatic amines is 1. The Hall–Kier alpha value is -3.98. The minimum atomic E-state index is -5.16.